The van der Waals surface area contributed by atoms with E-state index in [1.54, 1.807) is 0 Å². The molecule has 0 N–H and O–H groups in total. The summed E-state index contributed by atoms with van der Waals surface area (Å²) in [6, 6.07) is 0. The molecule has 0 saturated carbocycles. The summed E-state index contributed by atoms with van der Waals surface area (Å²) in [5.41, 5.74) is 0. The van der Waals surface area contributed by atoms with Gasteiger partial charge in [-0.1, -0.05) is 308 Å². The molecule has 0 aromatic heterocycles. The van der Waals surface area contributed by atoms with Crippen molar-refractivity contribution in [2.45, 2.75) is 374 Å². The quantitative estimate of drug-likeness (QED) is 0.0261. The number of unbranched alkanes of at least 4 members (excludes halogenated alkanes) is 45. The number of allylic oxidation sites excluding steroid dienone is 6. The molecule has 440 valence electrons. The number of rotatable bonds is 62. The van der Waals surface area contributed by atoms with Crippen LogP contribution in [0.25, 0.3) is 0 Å². The van der Waals surface area contributed by atoms with Crippen molar-refractivity contribution in [3.05, 3.63) is 36.5 Å². The van der Waals surface area contributed by atoms with E-state index in [1.165, 1.54) is 250 Å². The first-order valence-electron chi connectivity index (χ1n) is 33.5. The third-order valence-electron chi connectivity index (χ3n) is 15.1. The molecule has 0 rings (SSSR count). The minimum Gasteiger partial charge on any atom is -0.462 e. The van der Waals surface area contributed by atoms with Gasteiger partial charge in [0.05, 0.1) is 0 Å². The van der Waals surface area contributed by atoms with Crippen LogP contribution in [0.2, 0.25) is 0 Å². The Morgan fingerprint density at radius 1 is 0.267 bits per heavy atom. The second kappa shape index (κ2) is 64.2. The van der Waals surface area contributed by atoms with Gasteiger partial charge < -0.3 is 14.2 Å². The van der Waals surface area contributed by atoms with Crippen LogP contribution in [0.1, 0.15) is 367 Å². The van der Waals surface area contributed by atoms with Crippen LogP contribution in [0.15, 0.2) is 36.5 Å². The minimum absolute atomic E-state index is 0.0741. The predicted molar refractivity (Wildman–Crippen MR) is 326 cm³/mol. The van der Waals surface area contributed by atoms with Crippen molar-refractivity contribution in [1.29, 1.82) is 0 Å². The largest absolute Gasteiger partial charge is 0.462 e. The molecule has 6 nitrogen and oxygen atoms in total. The highest BCUT2D eigenvalue weighted by Crippen LogP contribution is 2.18. The fourth-order valence-corrected chi connectivity index (χ4v) is 10.1. The van der Waals surface area contributed by atoms with Gasteiger partial charge in [0.25, 0.3) is 0 Å². The van der Waals surface area contributed by atoms with Gasteiger partial charge in [0.1, 0.15) is 13.2 Å². The average molecular weight is 1050 g/mol. The molecule has 6 heteroatoms. The van der Waals surface area contributed by atoms with Gasteiger partial charge in [0, 0.05) is 19.3 Å². The Bertz CT molecular complexity index is 1250. The van der Waals surface area contributed by atoms with E-state index in [-0.39, 0.29) is 31.1 Å². The molecule has 0 aliphatic heterocycles. The lowest BCUT2D eigenvalue weighted by Crippen LogP contribution is -2.30. The summed E-state index contributed by atoms with van der Waals surface area (Å²) in [6.45, 7) is 6.67. The molecule has 0 amide bonds. The molecule has 0 spiro atoms. The summed E-state index contributed by atoms with van der Waals surface area (Å²) >= 11 is 0. The van der Waals surface area contributed by atoms with Crippen LogP contribution in [0.4, 0.5) is 0 Å². The van der Waals surface area contributed by atoms with E-state index in [0.717, 1.165) is 77.0 Å². The van der Waals surface area contributed by atoms with E-state index >= 15 is 0 Å². The zero-order valence-corrected chi connectivity index (χ0v) is 50.6. The first-order valence-corrected chi connectivity index (χ1v) is 33.5. The molecule has 1 unspecified atom stereocenters. The fourth-order valence-electron chi connectivity index (χ4n) is 10.1. The summed E-state index contributed by atoms with van der Waals surface area (Å²) < 4.78 is 17.0. The van der Waals surface area contributed by atoms with E-state index < -0.39 is 6.10 Å². The van der Waals surface area contributed by atoms with Crippen molar-refractivity contribution in [2.75, 3.05) is 13.2 Å². The van der Waals surface area contributed by atoms with Gasteiger partial charge >= 0.3 is 17.9 Å². The van der Waals surface area contributed by atoms with E-state index in [1.807, 2.05) is 0 Å². The number of esters is 3. The van der Waals surface area contributed by atoms with Crippen molar-refractivity contribution < 1.29 is 28.6 Å². The first kappa shape index (κ1) is 72.6. The van der Waals surface area contributed by atoms with Gasteiger partial charge in [-0.3, -0.25) is 14.4 Å². The molecular weight excluding hydrogens is 925 g/mol. The Morgan fingerprint density at radius 2 is 0.480 bits per heavy atom. The molecule has 75 heavy (non-hydrogen) atoms. The topological polar surface area (TPSA) is 78.9 Å². The van der Waals surface area contributed by atoms with Gasteiger partial charge in [0.15, 0.2) is 6.10 Å². The van der Waals surface area contributed by atoms with Gasteiger partial charge in [-0.25, -0.2) is 0 Å². The molecule has 0 radical (unpaired) electrons. The standard InChI is InChI=1S/C69H128O6/c1-4-7-10-13-16-19-22-25-28-31-32-33-34-35-36-37-39-41-44-47-50-53-56-59-62-68(71)74-65-66(64-73-67(70)61-58-55-52-49-46-43-40-30-27-24-21-18-15-12-9-6-3)75-69(72)63-60-57-54-51-48-45-42-38-29-26-23-20-17-14-11-8-5-2/h21,24,26,29-30,40,66H,4-20,22-23,25,27-28,31-39,41-65H2,1-3H3/b24-21-,29-26-,40-30-. The van der Waals surface area contributed by atoms with Crippen molar-refractivity contribution in [2.24, 2.45) is 0 Å². The van der Waals surface area contributed by atoms with Crippen LogP contribution >= 0.6 is 0 Å². The summed E-state index contributed by atoms with van der Waals surface area (Å²) in [7, 11) is 0. The molecule has 0 aromatic rings. The molecule has 0 saturated heterocycles. The third-order valence-corrected chi connectivity index (χ3v) is 15.1. The smallest absolute Gasteiger partial charge is 0.306 e. The third kappa shape index (κ3) is 62.4. The van der Waals surface area contributed by atoms with Crippen molar-refractivity contribution in [3.63, 3.8) is 0 Å². The molecule has 0 aliphatic carbocycles. The zero-order chi connectivity index (χ0) is 54.3. The maximum Gasteiger partial charge on any atom is 0.306 e. The van der Waals surface area contributed by atoms with Gasteiger partial charge in [-0.2, -0.15) is 0 Å². The maximum absolute atomic E-state index is 12.9. The Kier molecular flexibility index (Phi) is 62.1. The van der Waals surface area contributed by atoms with E-state index in [9.17, 15) is 14.4 Å². The summed E-state index contributed by atoms with van der Waals surface area (Å²) in [6.07, 6.45) is 78.7. The number of carbonyl (C=O) groups is 3. The molecule has 0 fully saturated rings. The molecule has 0 aliphatic rings. The highest BCUT2D eigenvalue weighted by molar-refractivity contribution is 5.71. The molecule has 0 bridgehead atoms. The summed E-state index contributed by atoms with van der Waals surface area (Å²) in [5, 5.41) is 0. The second-order valence-corrected chi connectivity index (χ2v) is 22.7. The van der Waals surface area contributed by atoms with Gasteiger partial charge in [0.2, 0.25) is 0 Å². The molecule has 0 heterocycles. The highest BCUT2D eigenvalue weighted by atomic mass is 16.6. The van der Waals surface area contributed by atoms with Gasteiger partial charge in [-0.05, 0) is 77.0 Å². The second-order valence-electron chi connectivity index (χ2n) is 22.7. The van der Waals surface area contributed by atoms with Crippen molar-refractivity contribution >= 4 is 17.9 Å². The highest BCUT2D eigenvalue weighted by Gasteiger charge is 2.19. The van der Waals surface area contributed by atoms with E-state index in [4.69, 9.17) is 14.2 Å². The number of ether oxygens (including phenoxy) is 3. The SMILES string of the molecule is CCCCCC/C=C\C/C=C\CCCCCCCC(=O)OCC(COC(=O)CCCCCCCCCCCCCCCCCCCCCCCCCC)OC(=O)CCCCCCCCC/C=C\CCCCCCCC. The van der Waals surface area contributed by atoms with Crippen LogP contribution in [0.3, 0.4) is 0 Å². The van der Waals surface area contributed by atoms with Crippen LogP contribution in [-0.4, -0.2) is 37.2 Å². The average Bonchev–Trinajstić information content (AvgIpc) is 3.41. The Labute approximate surface area is 467 Å². The molecule has 0 aromatic carbocycles. The maximum atomic E-state index is 12.9. The van der Waals surface area contributed by atoms with E-state index in [2.05, 4.69) is 57.2 Å². The number of hydrogen-bond acceptors (Lipinski definition) is 6. The number of hydrogen-bond donors (Lipinski definition) is 0. The van der Waals surface area contributed by atoms with Crippen molar-refractivity contribution in [1.82, 2.24) is 0 Å². The first-order chi connectivity index (χ1) is 37.0. The predicted octanol–water partition coefficient (Wildman–Crippen LogP) is 22.8. The van der Waals surface area contributed by atoms with Crippen LogP contribution < -0.4 is 0 Å². The van der Waals surface area contributed by atoms with Crippen LogP contribution in [0.5, 0.6) is 0 Å². The fraction of sp³-hybridized carbons (Fsp3) is 0.870. The lowest BCUT2D eigenvalue weighted by Gasteiger charge is -2.18. The zero-order valence-electron chi connectivity index (χ0n) is 50.6. The Balaban J connectivity index is 4.29. The molecule has 1 atom stereocenters. The lowest BCUT2D eigenvalue weighted by atomic mass is 10.0. The minimum atomic E-state index is -0.779. The summed E-state index contributed by atoms with van der Waals surface area (Å²) in [4.78, 5) is 38.4. The monoisotopic (exact) mass is 1050 g/mol. The van der Waals surface area contributed by atoms with Crippen LogP contribution in [0, 0.1) is 0 Å². The normalized spacial score (nSPS) is 12.2. The van der Waals surface area contributed by atoms with Gasteiger partial charge in [-0.15, -0.1) is 0 Å². The van der Waals surface area contributed by atoms with Crippen LogP contribution in [-0.2, 0) is 28.6 Å². The number of carbonyl (C=O) groups excluding carboxylic acids is 3. The Morgan fingerprint density at radius 3 is 0.760 bits per heavy atom. The summed E-state index contributed by atoms with van der Waals surface area (Å²) in [5.74, 6) is -0.868. The lowest BCUT2D eigenvalue weighted by molar-refractivity contribution is -0.167. The van der Waals surface area contributed by atoms with Crippen molar-refractivity contribution in [3.8, 4) is 0 Å². The van der Waals surface area contributed by atoms with E-state index in [0.29, 0.717) is 19.3 Å². The molecular formula is C69H128O6. The Hall–Kier alpha value is -2.37.